The number of aromatic nitrogens is 1. The van der Waals surface area contributed by atoms with Crippen molar-refractivity contribution in [2.45, 2.75) is 12.6 Å². The Balaban J connectivity index is 1.96. The molecule has 2 aromatic carbocycles. The molecule has 22 heavy (non-hydrogen) atoms. The van der Waals surface area contributed by atoms with Gasteiger partial charge in [-0.1, -0.05) is 18.2 Å². The summed E-state index contributed by atoms with van der Waals surface area (Å²) in [5.74, 6) is 0. The molecule has 0 bridgehead atoms. The van der Waals surface area contributed by atoms with Gasteiger partial charge in [-0.05, 0) is 36.2 Å². The van der Waals surface area contributed by atoms with Gasteiger partial charge in [-0.2, -0.15) is 13.2 Å². The van der Waals surface area contributed by atoms with Crippen LogP contribution in [0.3, 0.4) is 0 Å². The summed E-state index contributed by atoms with van der Waals surface area (Å²) in [6.45, 7) is 0.0708. The number of aliphatic hydroxyl groups excluding tert-OH is 1. The van der Waals surface area contributed by atoms with E-state index in [1.54, 1.807) is 0 Å². The molecule has 0 unspecified atom stereocenters. The summed E-state index contributed by atoms with van der Waals surface area (Å²) < 4.78 is 38.7. The first kappa shape index (κ1) is 15.0. The largest absolute Gasteiger partial charge is 0.416 e. The number of alkyl halides is 3. The molecule has 0 fully saturated rings. The summed E-state index contributed by atoms with van der Waals surface area (Å²) in [5, 5.41) is 9.64. The van der Waals surface area contributed by atoms with Gasteiger partial charge < -0.3 is 5.11 Å². The van der Waals surface area contributed by atoms with E-state index in [-0.39, 0.29) is 6.61 Å². The monoisotopic (exact) mass is 323 g/mol. The van der Waals surface area contributed by atoms with E-state index in [1.165, 1.54) is 23.5 Å². The van der Waals surface area contributed by atoms with Crippen molar-refractivity contribution >= 4 is 21.6 Å². The third-order valence-corrected chi connectivity index (χ3v) is 4.40. The Hall–Kier alpha value is -1.92. The van der Waals surface area contributed by atoms with E-state index in [9.17, 15) is 13.2 Å². The molecule has 0 aliphatic heterocycles. The standard InChI is InChI=1S/C16H12F3NOS/c17-16(18,19)12-4-2-11(3-5-12)15-20-13-9-10(7-8-21)1-6-14(13)22-15/h1-6,9,21H,7-8H2. The highest BCUT2D eigenvalue weighted by Gasteiger charge is 2.30. The summed E-state index contributed by atoms with van der Waals surface area (Å²) in [4.78, 5) is 4.47. The topological polar surface area (TPSA) is 33.1 Å². The van der Waals surface area contributed by atoms with Crippen LogP contribution >= 0.6 is 11.3 Å². The number of thiazole rings is 1. The molecule has 1 N–H and O–H groups in total. The molecule has 0 saturated heterocycles. The van der Waals surface area contributed by atoms with Crippen molar-refractivity contribution in [3.63, 3.8) is 0 Å². The van der Waals surface area contributed by atoms with Crippen LogP contribution in [0.4, 0.5) is 13.2 Å². The predicted molar refractivity (Wildman–Crippen MR) is 80.8 cm³/mol. The molecule has 0 saturated carbocycles. The summed E-state index contributed by atoms with van der Waals surface area (Å²) >= 11 is 1.44. The minimum Gasteiger partial charge on any atom is -0.396 e. The van der Waals surface area contributed by atoms with Gasteiger partial charge in [0.1, 0.15) is 5.01 Å². The van der Waals surface area contributed by atoms with Gasteiger partial charge >= 0.3 is 6.18 Å². The van der Waals surface area contributed by atoms with Gasteiger partial charge in [0.15, 0.2) is 0 Å². The Kier molecular flexibility index (Phi) is 3.88. The number of fused-ring (bicyclic) bond motifs is 1. The average Bonchev–Trinajstić information content (AvgIpc) is 2.90. The summed E-state index contributed by atoms with van der Waals surface area (Å²) in [6, 6.07) is 10.8. The summed E-state index contributed by atoms with van der Waals surface area (Å²) in [7, 11) is 0. The average molecular weight is 323 g/mol. The summed E-state index contributed by atoms with van der Waals surface area (Å²) in [5.41, 5.74) is 1.78. The number of benzene rings is 2. The first-order valence-corrected chi connectivity index (χ1v) is 7.47. The second kappa shape index (κ2) is 5.70. The van der Waals surface area contributed by atoms with E-state index in [4.69, 9.17) is 5.11 Å². The van der Waals surface area contributed by atoms with Crippen LogP contribution in [0.25, 0.3) is 20.8 Å². The van der Waals surface area contributed by atoms with Gasteiger partial charge in [-0.15, -0.1) is 11.3 Å². The number of hydrogen-bond donors (Lipinski definition) is 1. The molecule has 0 spiro atoms. The third-order valence-electron chi connectivity index (χ3n) is 3.31. The second-order valence-electron chi connectivity index (χ2n) is 4.87. The Morgan fingerprint density at radius 1 is 1.05 bits per heavy atom. The van der Waals surface area contributed by atoms with Crippen molar-refractivity contribution < 1.29 is 18.3 Å². The van der Waals surface area contributed by atoms with Gasteiger partial charge in [-0.25, -0.2) is 4.98 Å². The number of aliphatic hydroxyl groups is 1. The van der Waals surface area contributed by atoms with E-state index < -0.39 is 11.7 Å². The van der Waals surface area contributed by atoms with Crippen LogP contribution in [0.5, 0.6) is 0 Å². The molecule has 1 aromatic heterocycles. The van der Waals surface area contributed by atoms with Crippen LogP contribution in [0.2, 0.25) is 0 Å². The zero-order valence-corrected chi connectivity index (χ0v) is 12.2. The fraction of sp³-hybridized carbons (Fsp3) is 0.188. The van der Waals surface area contributed by atoms with Crippen molar-refractivity contribution in [3.05, 3.63) is 53.6 Å². The SMILES string of the molecule is OCCc1ccc2sc(-c3ccc(C(F)(F)F)cc3)nc2c1. The van der Waals surface area contributed by atoms with Crippen LogP contribution in [0.1, 0.15) is 11.1 Å². The van der Waals surface area contributed by atoms with E-state index >= 15 is 0 Å². The van der Waals surface area contributed by atoms with Crippen molar-refractivity contribution in [1.82, 2.24) is 4.98 Å². The van der Waals surface area contributed by atoms with E-state index in [0.29, 0.717) is 17.0 Å². The van der Waals surface area contributed by atoms with Crippen molar-refractivity contribution in [2.24, 2.45) is 0 Å². The molecule has 0 aliphatic carbocycles. The van der Waals surface area contributed by atoms with Crippen LogP contribution in [-0.2, 0) is 12.6 Å². The van der Waals surface area contributed by atoms with Crippen LogP contribution in [-0.4, -0.2) is 16.7 Å². The Labute approximate surface area is 128 Å². The zero-order chi connectivity index (χ0) is 15.7. The Morgan fingerprint density at radius 3 is 2.41 bits per heavy atom. The van der Waals surface area contributed by atoms with Gasteiger partial charge in [0.2, 0.25) is 0 Å². The lowest BCUT2D eigenvalue weighted by molar-refractivity contribution is -0.137. The molecule has 0 radical (unpaired) electrons. The van der Waals surface area contributed by atoms with Crippen LogP contribution in [0.15, 0.2) is 42.5 Å². The molecule has 6 heteroatoms. The molecule has 0 amide bonds. The first-order chi connectivity index (χ1) is 10.5. The van der Waals surface area contributed by atoms with E-state index in [1.807, 2.05) is 18.2 Å². The molecular weight excluding hydrogens is 311 g/mol. The fourth-order valence-corrected chi connectivity index (χ4v) is 3.13. The van der Waals surface area contributed by atoms with E-state index in [2.05, 4.69) is 4.98 Å². The molecule has 2 nitrogen and oxygen atoms in total. The summed E-state index contributed by atoms with van der Waals surface area (Å²) in [6.07, 6.45) is -3.77. The van der Waals surface area contributed by atoms with Gasteiger partial charge in [-0.3, -0.25) is 0 Å². The number of halogens is 3. The molecule has 0 atom stereocenters. The van der Waals surface area contributed by atoms with E-state index in [0.717, 1.165) is 27.9 Å². The third kappa shape index (κ3) is 2.98. The van der Waals surface area contributed by atoms with Gasteiger partial charge in [0.05, 0.1) is 15.8 Å². The highest BCUT2D eigenvalue weighted by Crippen LogP contribution is 2.34. The normalized spacial score (nSPS) is 12.0. The highest BCUT2D eigenvalue weighted by molar-refractivity contribution is 7.21. The molecule has 3 aromatic rings. The maximum atomic E-state index is 12.6. The molecular formula is C16H12F3NOS. The lowest BCUT2D eigenvalue weighted by Crippen LogP contribution is -2.03. The minimum absolute atomic E-state index is 0.0708. The maximum Gasteiger partial charge on any atom is 0.416 e. The lowest BCUT2D eigenvalue weighted by Gasteiger charge is -2.06. The van der Waals surface area contributed by atoms with Crippen molar-refractivity contribution in [2.75, 3.05) is 6.61 Å². The van der Waals surface area contributed by atoms with Gasteiger partial charge in [0, 0.05) is 12.2 Å². The number of nitrogens with zero attached hydrogens (tertiary/aromatic N) is 1. The zero-order valence-electron chi connectivity index (χ0n) is 11.4. The van der Waals surface area contributed by atoms with Gasteiger partial charge in [0.25, 0.3) is 0 Å². The smallest absolute Gasteiger partial charge is 0.396 e. The quantitative estimate of drug-likeness (QED) is 0.769. The number of rotatable bonds is 3. The van der Waals surface area contributed by atoms with Crippen molar-refractivity contribution in [3.8, 4) is 10.6 Å². The Morgan fingerprint density at radius 2 is 1.77 bits per heavy atom. The molecule has 1 heterocycles. The maximum absolute atomic E-state index is 12.6. The highest BCUT2D eigenvalue weighted by atomic mass is 32.1. The predicted octanol–water partition coefficient (Wildman–Crippen LogP) is 4.52. The first-order valence-electron chi connectivity index (χ1n) is 6.65. The minimum atomic E-state index is -4.33. The van der Waals surface area contributed by atoms with Crippen LogP contribution < -0.4 is 0 Å². The lowest BCUT2D eigenvalue weighted by atomic mass is 10.1. The van der Waals surface area contributed by atoms with Crippen LogP contribution in [0, 0.1) is 0 Å². The molecule has 0 aliphatic rings. The molecule has 3 rings (SSSR count). The Bertz CT molecular complexity index is 793. The second-order valence-corrected chi connectivity index (χ2v) is 5.90. The number of hydrogen-bond acceptors (Lipinski definition) is 3. The fourth-order valence-electron chi connectivity index (χ4n) is 2.18. The molecule has 114 valence electrons. The van der Waals surface area contributed by atoms with Crippen molar-refractivity contribution in [1.29, 1.82) is 0 Å².